The lowest BCUT2D eigenvalue weighted by molar-refractivity contribution is -0.0959. The van der Waals surface area contributed by atoms with Crippen LogP contribution < -0.4 is 0 Å². The monoisotopic (exact) mass is 199 g/mol. The molecule has 3 unspecified atom stereocenters. The van der Waals surface area contributed by atoms with Crippen LogP contribution in [0, 0.1) is 0 Å². The van der Waals surface area contributed by atoms with Crippen molar-refractivity contribution in [2.24, 2.45) is 0 Å². The highest BCUT2D eigenvalue weighted by Crippen LogP contribution is 2.28. The predicted molar refractivity (Wildman–Crippen MR) is 55.2 cm³/mol. The number of rotatable bonds is 2. The Balaban J connectivity index is 1.94. The van der Waals surface area contributed by atoms with E-state index in [1.54, 1.807) is 0 Å². The third-order valence-corrected chi connectivity index (χ3v) is 3.35. The number of hydrogen-bond donors (Lipinski definition) is 1. The molecule has 1 aliphatic heterocycles. The molecule has 0 amide bonds. The normalized spacial score (nSPS) is 36.4. The van der Waals surface area contributed by atoms with Crippen LogP contribution in [0.1, 0.15) is 32.6 Å². The first-order chi connectivity index (χ1) is 6.77. The summed E-state index contributed by atoms with van der Waals surface area (Å²) in [5.41, 5.74) is 0. The van der Waals surface area contributed by atoms with Crippen LogP contribution >= 0.6 is 0 Å². The van der Waals surface area contributed by atoms with Crippen LogP contribution in [0.4, 0.5) is 0 Å². The smallest absolute Gasteiger partial charge is 0.0730 e. The molecule has 2 aliphatic rings. The fourth-order valence-electron chi connectivity index (χ4n) is 2.74. The molecule has 82 valence electrons. The zero-order valence-corrected chi connectivity index (χ0v) is 8.98. The Labute approximate surface area is 86.0 Å². The van der Waals surface area contributed by atoms with Gasteiger partial charge in [0.1, 0.15) is 0 Å². The van der Waals surface area contributed by atoms with Gasteiger partial charge in [-0.2, -0.15) is 0 Å². The van der Waals surface area contributed by atoms with E-state index in [1.807, 2.05) is 6.92 Å². The van der Waals surface area contributed by atoms with Crippen molar-refractivity contribution < 1.29 is 9.84 Å². The molecule has 3 nitrogen and oxygen atoms in total. The molecule has 1 heterocycles. The van der Waals surface area contributed by atoms with Gasteiger partial charge >= 0.3 is 0 Å². The van der Waals surface area contributed by atoms with Gasteiger partial charge in [0.2, 0.25) is 0 Å². The number of aliphatic hydroxyl groups is 1. The number of nitrogens with zero attached hydrogens (tertiary/aromatic N) is 1. The lowest BCUT2D eigenvalue weighted by Gasteiger charge is -2.44. The quantitative estimate of drug-likeness (QED) is 0.720. The van der Waals surface area contributed by atoms with Crippen molar-refractivity contribution in [1.29, 1.82) is 0 Å². The summed E-state index contributed by atoms with van der Waals surface area (Å²) in [6.45, 7) is 4.51. The second-order valence-corrected chi connectivity index (χ2v) is 4.61. The van der Waals surface area contributed by atoms with Crippen molar-refractivity contribution in [3.05, 3.63) is 0 Å². The standard InChI is InChI=1S/C11H21NO2/c1-9(13)8-12-6-7-14-11-5-3-2-4-10(11)12/h9-11,13H,2-8H2,1H3. The van der Waals surface area contributed by atoms with Crippen molar-refractivity contribution in [1.82, 2.24) is 4.90 Å². The van der Waals surface area contributed by atoms with Crippen molar-refractivity contribution >= 4 is 0 Å². The average molecular weight is 199 g/mol. The fourth-order valence-corrected chi connectivity index (χ4v) is 2.74. The first-order valence-corrected chi connectivity index (χ1v) is 5.81. The Morgan fingerprint density at radius 2 is 2.21 bits per heavy atom. The van der Waals surface area contributed by atoms with Crippen LogP contribution in [-0.4, -0.2) is 48.0 Å². The Kier molecular flexibility index (Phi) is 3.42. The van der Waals surface area contributed by atoms with E-state index >= 15 is 0 Å². The molecule has 0 aromatic carbocycles. The third-order valence-electron chi connectivity index (χ3n) is 3.35. The van der Waals surface area contributed by atoms with Crippen molar-refractivity contribution in [3.63, 3.8) is 0 Å². The van der Waals surface area contributed by atoms with Crippen molar-refractivity contribution in [2.45, 2.75) is 50.9 Å². The maximum Gasteiger partial charge on any atom is 0.0730 e. The summed E-state index contributed by atoms with van der Waals surface area (Å²) in [7, 11) is 0. The van der Waals surface area contributed by atoms with Gasteiger partial charge in [-0.25, -0.2) is 0 Å². The van der Waals surface area contributed by atoms with E-state index in [4.69, 9.17) is 4.74 Å². The van der Waals surface area contributed by atoms with E-state index in [1.165, 1.54) is 25.7 Å². The summed E-state index contributed by atoms with van der Waals surface area (Å²) < 4.78 is 5.77. The van der Waals surface area contributed by atoms with E-state index in [0.717, 1.165) is 19.7 Å². The largest absolute Gasteiger partial charge is 0.392 e. The molecule has 14 heavy (non-hydrogen) atoms. The SMILES string of the molecule is CC(O)CN1CCOC2CCCCC21. The molecular formula is C11H21NO2. The van der Waals surface area contributed by atoms with Crippen LogP contribution in [0.3, 0.4) is 0 Å². The zero-order chi connectivity index (χ0) is 9.97. The van der Waals surface area contributed by atoms with Gasteiger partial charge in [0.15, 0.2) is 0 Å². The van der Waals surface area contributed by atoms with Crippen LogP contribution in [0.25, 0.3) is 0 Å². The summed E-state index contributed by atoms with van der Waals surface area (Å²) in [5.74, 6) is 0. The van der Waals surface area contributed by atoms with Gasteiger partial charge in [0.05, 0.1) is 18.8 Å². The molecule has 0 spiro atoms. The topological polar surface area (TPSA) is 32.7 Å². The van der Waals surface area contributed by atoms with Crippen LogP contribution in [0.2, 0.25) is 0 Å². The minimum atomic E-state index is -0.212. The molecule has 1 N–H and O–H groups in total. The molecule has 3 heteroatoms. The second kappa shape index (κ2) is 4.60. The summed E-state index contributed by atoms with van der Waals surface area (Å²) in [5, 5.41) is 9.41. The molecular weight excluding hydrogens is 178 g/mol. The Morgan fingerprint density at radius 3 is 3.00 bits per heavy atom. The Hall–Kier alpha value is -0.120. The third kappa shape index (κ3) is 2.27. The number of β-amino-alcohol motifs (C(OH)–C–C–N with tert-alkyl or cyclic N) is 1. The first-order valence-electron chi connectivity index (χ1n) is 5.81. The highest BCUT2D eigenvalue weighted by Gasteiger charge is 2.34. The number of aliphatic hydroxyl groups excluding tert-OH is 1. The lowest BCUT2D eigenvalue weighted by atomic mass is 9.90. The van der Waals surface area contributed by atoms with E-state index in [0.29, 0.717) is 12.1 Å². The van der Waals surface area contributed by atoms with Gasteiger partial charge in [-0.15, -0.1) is 0 Å². The maximum absolute atomic E-state index is 9.41. The lowest BCUT2D eigenvalue weighted by Crippen LogP contribution is -2.54. The highest BCUT2D eigenvalue weighted by atomic mass is 16.5. The number of hydrogen-bond acceptors (Lipinski definition) is 3. The van der Waals surface area contributed by atoms with E-state index < -0.39 is 0 Å². The number of fused-ring (bicyclic) bond motifs is 1. The van der Waals surface area contributed by atoms with Crippen LogP contribution in [0.15, 0.2) is 0 Å². The van der Waals surface area contributed by atoms with Gasteiger partial charge < -0.3 is 9.84 Å². The van der Waals surface area contributed by atoms with Gasteiger partial charge in [-0.05, 0) is 19.8 Å². The van der Waals surface area contributed by atoms with Crippen LogP contribution in [0.5, 0.6) is 0 Å². The molecule has 2 fully saturated rings. The summed E-state index contributed by atoms with van der Waals surface area (Å²) in [6, 6.07) is 0.576. The zero-order valence-electron chi connectivity index (χ0n) is 8.98. The molecule has 0 aromatic rings. The molecule has 0 radical (unpaired) electrons. The molecule has 1 saturated heterocycles. The number of morpholine rings is 1. The van der Waals surface area contributed by atoms with E-state index in [2.05, 4.69) is 4.90 Å². The maximum atomic E-state index is 9.41. The molecule has 2 rings (SSSR count). The molecule has 0 aromatic heterocycles. The summed E-state index contributed by atoms with van der Waals surface area (Å²) >= 11 is 0. The van der Waals surface area contributed by atoms with Gasteiger partial charge in [0, 0.05) is 19.1 Å². The van der Waals surface area contributed by atoms with Gasteiger partial charge in [-0.1, -0.05) is 12.8 Å². The minimum absolute atomic E-state index is 0.212. The Morgan fingerprint density at radius 1 is 1.43 bits per heavy atom. The minimum Gasteiger partial charge on any atom is -0.392 e. The van der Waals surface area contributed by atoms with Crippen molar-refractivity contribution in [3.8, 4) is 0 Å². The average Bonchev–Trinajstić information content (AvgIpc) is 2.18. The van der Waals surface area contributed by atoms with Gasteiger partial charge in [-0.3, -0.25) is 4.90 Å². The summed E-state index contributed by atoms with van der Waals surface area (Å²) in [6.07, 6.45) is 5.31. The Bertz CT molecular complexity index is 182. The fraction of sp³-hybridized carbons (Fsp3) is 1.00. The molecule has 1 saturated carbocycles. The molecule has 1 aliphatic carbocycles. The van der Waals surface area contributed by atoms with Gasteiger partial charge in [0.25, 0.3) is 0 Å². The van der Waals surface area contributed by atoms with E-state index in [-0.39, 0.29) is 6.10 Å². The highest BCUT2D eigenvalue weighted by molar-refractivity contribution is 4.87. The van der Waals surface area contributed by atoms with Crippen LogP contribution in [-0.2, 0) is 4.74 Å². The summed E-state index contributed by atoms with van der Waals surface area (Å²) in [4.78, 5) is 2.41. The predicted octanol–water partition coefficient (Wildman–Crippen LogP) is 1.01. The molecule has 0 bridgehead atoms. The first kappa shape index (κ1) is 10.4. The van der Waals surface area contributed by atoms with E-state index in [9.17, 15) is 5.11 Å². The second-order valence-electron chi connectivity index (χ2n) is 4.61. The van der Waals surface area contributed by atoms with Crippen molar-refractivity contribution in [2.75, 3.05) is 19.7 Å². The number of ether oxygens (including phenoxy) is 1. The molecule has 3 atom stereocenters.